The minimum Gasteiger partial charge on any atom is -0.476 e. The molecule has 1 aliphatic carbocycles. The van der Waals surface area contributed by atoms with Crippen LogP contribution in [0.3, 0.4) is 0 Å². The monoisotopic (exact) mass is 468 g/mol. The van der Waals surface area contributed by atoms with Gasteiger partial charge < -0.3 is 26.5 Å². The number of nitrogens with two attached hydrogens (primary N) is 2. The molecule has 9 nitrogen and oxygen atoms in total. The third kappa shape index (κ3) is 6.08. The number of rotatable bonds is 10. The number of nitrogens with one attached hydrogen (secondary N) is 1. The molecule has 9 heteroatoms. The number of likely N-dealkylation sites (tertiary alicyclic amines) is 1. The van der Waals surface area contributed by atoms with Gasteiger partial charge in [-0.05, 0) is 51.8 Å². The topological polar surface area (TPSA) is 148 Å². The van der Waals surface area contributed by atoms with E-state index >= 15 is 0 Å². The van der Waals surface area contributed by atoms with Crippen LogP contribution in [0.2, 0.25) is 0 Å². The summed E-state index contributed by atoms with van der Waals surface area (Å²) < 4.78 is 6.00. The summed E-state index contributed by atoms with van der Waals surface area (Å²) in [6.45, 7) is 3.45. The predicted molar refractivity (Wildman–Crippen MR) is 132 cm³/mol. The zero-order valence-corrected chi connectivity index (χ0v) is 20.2. The maximum Gasteiger partial charge on any atom is 0.217 e. The van der Waals surface area contributed by atoms with Gasteiger partial charge >= 0.3 is 0 Å². The van der Waals surface area contributed by atoms with Crippen LogP contribution in [0.4, 0.5) is 0 Å². The largest absolute Gasteiger partial charge is 0.476 e. The van der Waals surface area contributed by atoms with Gasteiger partial charge in [0.05, 0.1) is 23.0 Å². The van der Waals surface area contributed by atoms with E-state index in [9.17, 15) is 9.59 Å². The fourth-order valence-corrected chi connectivity index (χ4v) is 4.56. The molecule has 184 valence electrons. The normalized spacial score (nSPS) is 22.4. The van der Waals surface area contributed by atoms with Crippen molar-refractivity contribution in [2.24, 2.45) is 17.4 Å². The summed E-state index contributed by atoms with van der Waals surface area (Å²) in [5, 5.41) is 7.33. The van der Waals surface area contributed by atoms with E-state index in [-0.39, 0.29) is 28.8 Å². The molecule has 2 aliphatic rings. The Morgan fingerprint density at radius 2 is 2.06 bits per heavy atom. The standard InChI is InChI=1S/C25H36N6O3/c1-3-7-18(24(33)17-9-4-5-10-21(17)32)23(28)25-29-20(19(27)11-12-26)14-22(30-25)34-15-16-8-6-13-31(16)2/h11-12,14,16-17,26H,3-10,13,15,27-28H2,1-2H3/b19-11-,23-18-,26-12?/t16-,17-/m0/s1. The van der Waals surface area contributed by atoms with Crippen LogP contribution in [-0.2, 0) is 9.59 Å². The summed E-state index contributed by atoms with van der Waals surface area (Å²) >= 11 is 0. The van der Waals surface area contributed by atoms with Crippen LogP contribution in [0, 0.1) is 11.3 Å². The number of Topliss-reactive ketones (excluding diaryl/α,β-unsaturated/α-hetero) is 2. The highest BCUT2D eigenvalue weighted by Crippen LogP contribution is 2.28. The van der Waals surface area contributed by atoms with Gasteiger partial charge in [-0.25, -0.2) is 4.98 Å². The molecule has 34 heavy (non-hydrogen) atoms. The van der Waals surface area contributed by atoms with E-state index in [2.05, 4.69) is 21.9 Å². The number of ketones is 2. The number of nitrogens with zero attached hydrogens (tertiary/aromatic N) is 3. The van der Waals surface area contributed by atoms with Crippen LogP contribution in [0.15, 0.2) is 17.7 Å². The zero-order chi connectivity index (χ0) is 24.7. The minimum absolute atomic E-state index is 0.0183. The number of aromatic nitrogens is 2. The summed E-state index contributed by atoms with van der Waals surface area (Å²) in [6, 6.07) is 1.91. The third-order valence-corrected chi connectivity index (χ3v) is 6.59. The molecule has 1 aromatic rings. The van der Waals surface area contributed by atoms with Gasteiger partial charge in [0.15, 0.2) is 11.6 Å². The first kappa shape index (κ1) is 25.6. The van der Waals surface area contributed by atoms with Crippen molar-refractivity contribution in [3.05, 3.63) is 29.2 Å². The Morgan fingerprint density at radius 1 is 1.26 bits per heavy atom. The molecule has 2 atom stereocenters. The van der Waals surface area contributed by atoms with Gasteiger partial charge in [0, 0.05) is 30.3 Å². The molecular weight excluding hydrogens is 432 g/mol. The SMILES string of the molecule is CCC/C(C(=O)[C@H]1CCCCC1=O)=C(/N)c1nc(OC[C@@H]2CCCN2C)cc(/C(N)=C/C=N)n1. The molecule has 0 aromatic carbocycles. The highest BCUT2D eigenvalue weighted by molar-refractivity contribution is 6.13. The van der Waals surface area contributed by atoms with E-state index < -0.39 is 5.92 Å². The number of carbonyl (C=O) groups excluding carboxylic acids is 2. The molecule has 0 bridgehead atoms. The van der Waals surface area contributed by atoms with E-state index in [0.717, 1.165) is 38.4 Å². The second-order valence-corrected chi connectivity index (χ2v) is 9.06. The van der Waals surface area contributed by atoms with E-state index in [1.807, 2.05) is 6.92 Å². The van der Waals surface area contributed by atoms with E-state index in [1.165, 1.54) is 6.08 Å². The van der Waals surface area contributed by atoms with Crippen LogP contribution in [0.1, 0.15) is 69.8 Å². The lowest BCUT2D eigenvalue weighted by atomic mass is 9.81. The summed E-state index contributed by atoms with van der Waals surface area (Å²) in [6.07, 6.45) is 8.44. The summed E-state index contributed by atoms with van der Waals surface area (Å²) in [4.78, 5) is 37.0. The minimum atomic E-state index is -0.645. The quantitative estimate of drug-likeness (QED) is 0.270. The summed E-state index contributed by atoms with van der Waals surface area (Å²) in [5.74, 6) is -0.435. The average molecular weight is 469 g/mol. The van der Waals surface area contributed by atoms with E-state index in [4.69, 9.17) is 21.6 Å². The van der Waals surface area contributed by atoms with Crippen molar-refractivity contribution in [3.63, 3.8) is 0 Å². The second kappa shape index (κ2) is 11.9. The fraction of sp³-hybridized carbons (Fsp3) is 0.560. The molecule has 0 amide bonds. The molecule has 1 saturated carbocycles. The maximum absolute atomic E-state index is 13.3. The van der Waals surface area contributed by atoms with Gasteiger partial charge in [0.25, 0.3) is 0 Å². The van der Waals surface area contributed by atoms with Crippen molar-refractivity contribution in [1.82, 2.24) is 14.9 Å². The zero-order valence-electron chi connectivity index (χ0n) is 20.2. The molecule has 3 rings (SSSR count). The average Bonchev–Trinajstić information content (AvgIpc) is 3.25. The number of hydrogen-bond acceptors (Lipinski definition) is 9. The Balaban J connectivity index is 1.99. The van der Waals surface area contributed by atoms with Crippen molar-refractivity contribution in [2.75, 3.05) is 20.2 Å². The lowest BCUT2D eigenvalue weighted by Crippen LogP contribution is -2.31. The van der Waals surface area contributed by atoms with Crippen LogP contribution in [0.5, 0.6) is 5.88 Å². The number of allylic oxidation sites excluding steroid dienone is 2. The van der Waals surface area contributed by atoms with Crippen molar-refractivity contribution in [3.8, 4) is 5.88 Å². The Hall–Kier alpha value is -3.07. The molecular formula is C25H36N6O3. The maximum atomic E-state index is 13.3. The summed E-state index contributed by atoms with van der Waals surface area (Å²) in [7, 11) is 2.07. The van der Waals surface area contributed by atoms with E-state index in [1.54, 1.807) is 6.07 Å². The van der Waals surface area contributed by atoms with Crippen molar-refractivity contribution in [2.45, 2.75) is 64.3 Å². The number of carbonyl (C=O) groups is 2. The molecule has 1 saturated heterocycles. The summed E-state index contributed by atoms with van der Waals surface area (Å²) in [5.41, 5.74) is 13.7. The van der Waals surface area contributed by atoms with Crippen LogP contribution >= 0.6 is 0 Å². The first-order valence-corrected chi connectivity index (χ1v) is 12.1. The Morgan fingerprint density at radius 3 is 2.71 bits per heavy atom. The molecule has 2 fully saturated rings. The number of likely N-dealkylation sites (N-methyl/N-ethyl adjacent to an activating group) is 1. The highest BCUT2D eigenvalue weighted by atomic mass is 16.5. The molecule has 0 radical (unpaired) electrons. The first-order valence-electron chi connectivity index (χ1n) is 12.1. The Bertz CT molecular complexity index is 987. The fourth-order valence-electron chi connectivity index (χ4n) is 4.56. The molecule has 2 heterocycles. The first-order chi connectivity index (χ1) is 16.3. The number of ether oxygens (including phenoxy) is 1. The van der Waals surface area contributed by atoms with Crippen LogP contribution < -0.4 is 16.2 Å². The molecule has 0 unspecified atom stereocenters. The van der Waals surface area contributed by atoms with Gasteiger partial charge in [-0.1, -0.05) is 19.8 Å². The Labute approximate surface area is 201 Å². The van der Waals surface area contributed by atoms with Crippen molar-refractivity contribution < 1.29 is 14.3 Å². The van der Waals surface area contributed by atoms with Crippen LogP contribution in [0.25, 0.3) is 11.4 Å². The highest BCUT2D eigenvalue weighted by Gasteiger charge is 2.32. The Kier molecular flexibility index (Phi) is 8.92. The van der Waals surface area contributed by atoms with Gasteiger partial charge in [0.2, 0.25) is 5.88 Å². The lowest BCUT2D eigenvalue weighted by Gasteiger charge is -2.22. The van der Waals surface area contributed by atoms with Crippen molar-refractivity contribution in [1.29, 1.82) is 5.41 Å². The van der Waals surface area contributed by atoms with Crippen molar-refractivity contribution >= 4 is 29.2 Å². The molecule has 5 N–H and O–H groups in total. The lowest BCUT2D eigenvalue weighted by molar-refractivity contribution is -0.132. The van der Waals surface area contributed by atoms with Gasteiger partial charge in [-0.3, -0.25) is 9.59 Å². The molecule has 0 spiro atoms. The third-order valence-electron chi connectivity index (χ3n) is 6.59. The van der Waals surface area contributed by atoms with Crippen LogP contribution in [-0.4, -0.2) is 58.9 Å². The van der Waals surface area contributed by atoms with E-state index in [0.29, 0.717) is 55.5 Å². The second-order valence-electron chi connectivity index (χ2n) is 9.06. The molecule has 1 aliphatic heterocycles. The molecule has 1 aromatic heterocycles. The van der Waals surface area contributed by atoms with Gasteiger partial charge in [0.1, 0.15) is 12.4 Å². The smallest absolute Gasteiger partial charge is 0.217 e. The predicted octanol–water partition coefficient (Wildman–Crippen LogP) is 2.70. The van der Waals surface area contributed by atoms with Gasteiger partial charge in [-0.2, -0.15) is 4.98 Å². The number of hydrogen-bond donors (Lipinski definition) is 3. The van der Waals surface area contributed by atoms with Gasteiger partial charge in [-0.15, -0.1) is 0 Å².